The second kappa shape index (κ2) is 5.07. The Morgan fingerprint density at radius 1 is 1.25 bits per heavy atom. The first-order valence-corrected chi connectivity index (χ1v) is 6.64. The average Bonchev–Trinajstić information content (AvgIpc) is 2.94. The average molecular weight is 273 g/mol. The van der Waals surface area contributed by atoms with Crippen LogP contribution in [0.5, 0.6) is 5.75 Å². The standard InChI is InChI=1S/C15H16FN3O/c1-17-15-10-4-3-5-12(10)18-14(19-15)9-6-7-13(20-2)11(16)8-9/h6-8H,3-5H2,1-2H3,(H,17,18,19). The summed E-state index contributed by atoms with van der Waals surface area (Å²) in [7, 11) is 3.29. The van der Waals surface area contributed by atoms with Gasteiger partial charge in [-0.25, -0.2) is 14.4 Å². The van der Waals surface area contributed by atoms with Gasteiger partial charge in [0.15, 0.2) is 17.4 Å². The van der Waals surface area contributed by atoms with Crippen LogP contribution < -0.4 is 10.1 Å². The molecule has 1 N–H and O–H groups in total. The van der Waals surface area contributed by atoms with Gasteiger partial charge in [-0.1, -0.05) is 0 Å². The van der Waals surface area contributed by atoms with Gasteiger partial charge in [0.2, 0.25) is 0 Å². The van der Waals surface area contributed by atoms with E-state index in [0.29, 0.717) is 11.4 Å². The van der Waals surface area contributed by atoms with Crippen LogP contribution in [-0.2, 0) is 12.8 Å². The second-order valence-corrected chi connectivity index (χ2v) is 4.77. The number of ether oxygens (including phenoxy) is 1. The Bertz CT molecular complexity index is 658. The van der Waals surface area contributed by atoms with Crippen LogP contribution in [0.4, 0.5) is 10.2 Å². The number of hydrogen-bond acceptors (Lipinski definition) is 4. The molecule has 1 aliphatic rings. The summed E-state index contributed by atoms with van der Waals surface area (Å²) in [6, 6.07) is 4.79. The Labute approximate surface area is 117 Å². The number of halogens is 1. The van der Waals surface area contributed by atoms with E-state index < -0.39 is 5.82 Å². The molecule has 0 saturated carbocycles. The molecular weight excluding hydrogens is 257 g/mol. The van der Waals surface area contributed by atoms with Crippen LogP contribution in [0.25, 0.3) is 11.4 Å². The van der Waals surface area contributed by atoms with E-state index in [0.717, 1.165) is 30.8 Å². The number of benzene rings is 1. The van der Waals surface area contributed by atoms with Gasteiger partial charge in [0.25, 0.3) is 0 Å². The van der Waals surface area contributed by atoms with Crippen molar-refractivity contribution in [1.29, 1.82) is 0 Å². The van der Waals surface area contributed by atoms with Crippen LogP contribution in [0.15, 0.2) is 18.2 Å². The summed E-state index contributed by atoms with van der Waals surface area (Å²) in [4.78, 5) is 9.07. The van der Waals surface area contributed by atoms with Crippen molar-refractivity contribution in [3.8, 4) is 17.1 Å². The third-order valence-electron chi connectivity index (χ3n) is 3.58. The van der Waals surface area contributed by atoms with E-state index in [-0.39, 0.29) is 5.75 Å². The normalized spacial score (nSPS) is 13.2. The molecule has 1 aliphatic carbocycles. The Balaban J connectivity index is 2.08. The fourth-order valence-corrected chi connectivity index (χ4v) is 2.57. The summed E-state index contributed by atoms with van der Waals surface area (Å²) in [5, 5.41) is 3.11. The van der Waals surface area contributed by atoms with E-state index in [1.807, 2.05) is 7.05 Å². The van der Waals surface area contributed by atoms with Gasteiger partial charge in [-0.05, 0) is 37.5 Å². The molecule has 0 saturated heterocycles. The lowest BCUT2D eigenvalue weighted by Gasteiger charge is -2.10. The number of rotatable bonds is 3. The zero-order valence-electron chi connectivity index (χ0n) is 11.5. The number of nitrogens with one attached hydrogen (secondary N) is 1. The van der Waals surface area contributed by atoms with Gasteiger partial charge in [0.05, 0.1) is 7.11 Å². The van der Waals surface area contributed by atoms with Gasteiger partial charge < -0.3 is 10.1 Å². The summed E-state index contributed by atoms with van der Waals surface area (Å²) in [5.74, 6) is 1.22. The maximum atomic E-state index is 13.8. The van der Waals surface area contributed by atoms with Gasteiger partial charge in [-0.15, -0.1) is 0 Å². The molecule has 1 aromatic carbocycles. The summed E-state index contributed by atoms with van der Waals surface area (Å²) in [6.07, 6.45) is 3.06. The largest absolute Gasteiger partial charge is 0.494 e. The Kier molecular flexibility index (Phi) is 3.26. The minimum Gasteiger partial charge on any atom is -0.494 e. The van der Waals surface area contributed by atoms with E-state index in [4.69, 9.17) is 4.74 Å². The van der Waals surface area contributed by atoms with Crippen molar-refractivity contribution >= 4 is 5.82 Å². The second-order valence-electron chi connectivity index (χ2n) is 4.77. The molecule has 5 heteroatoms. The van der Waals surface area contributed by atoms with Gasteiger partial charge >= 0.3 is 0 Å². The van der Waals surface area contributed by atoms with Crippen molar-refractivity contribution in [2.24, 2.45) is 0 Å². The smallest absolute Gasteiger partial charge is 0.165 e. The molecular formula is C15H16FN3O. The molecule has 0 spiro atoms. The number of anilines is 1. The number of methoxy groups -OCH3 is 1. The van der Waals surface area contributed by atoms with Gasteiger partial charge in [-0.2, -0.15) is 0 Å². The van der Waals surface area contributed by atoms with E-state index in [2.05, 4.69) is 15.3 Å². The van der Waals surface area contributed by atoms with Crippen molar-refractivity contribution in [2.45, 2.75) is 19.3 Å². The molecule has 1 aromatic heterocycles. The molecule has 0 amide bonds. The summed E-state index contributed by atoms with van der Waals surface area (Å²) in [5.41, 5.74) is 2.91. The topological polar surface area (TPSA) is 47.0 Å². The quantitative estimate of drug-likeness (QED) is 0.934. The zero-order chi connectivity index (χ0) is 14.1. The highest BCUT2D eigenvalue weighted by atomic mass is 19.1. The third kappa shape index (κ3) is 2.09. The summed E-state index contributed by atoms with van der Waals surface area (Å²) < 4.78 is 18.7. The molecule has 1 heterocycles. The fourth-order valence-electron chi connectivity index (χ4n) is 2.57. The number of hydrogen-bond donors (Lipinski definition) is 1. The molecule has 0 fully saturated rings. The molecule has 0 bridgehead atoms. The van der Waals surface area contributed by atoms with Crippen LogP contribution in [0.3, 0.4) is 0 Å². The van der Waals surface area contributed by atoms with Gasteiger partial charge in [0, 0.05) is 23.9 Å². The number of fused-ring (bicyclic) bond motifs is 1. The number of aromatic nitrogens is 2. The van der Waals surface area contributed by atoms with Crippen molar-refractivity contribution in [3.63, 3.8) is 0 Å². The SMILES string of the molecule is CNc1nc(-c2ccc(OC)c(F)c2)nc2c1CCC2. The third-order valence-corrected chi connectivity index (χ3v) is 3.58. The van der Waals surface area contributed by atoms with Crippen LogP contribution in [0, 0.1) is 5.82 Å². The molecule has 0 radical (unpaired) electrons. The first kappa shape index (κ1) is 12.8. The van der Waals surface area contributed by atoms with Crippen LogP contribution in [-0.4, -0.2) is 24.1 Å². The first-order valence-electron chi connectivity index (χ1n) is 6.64. The number of aryl methyl sites for hydroxylation is 1. The minimum absolute atomic E-state index is 0.226. The van der Waals surface area contributed by atoms with Crippen LogP contribution in [0.2, 0.25) is 0 Å². The summed E-state index contributed by atoms with van der Waals surface area (Å²) >= 11 is 0. The van der Waals surface area contributed by atoms with E-state index in [9.17, 15) is 4.39 Å². The monoisotopic (exact) mass is 273 g/mol. The first-order chi connectivity index (χ1) is 9.72. The van der Waals surface area contributed by atoms with Crippen molar-refractivity contribution in [1.82, 2.24) is 9.97 Å². The molecule has 3 rings (SSSR count). The molecule has 104 valence electrons. The maximum Gasteiger partial charge on any atom is 0.165 e. The Hall–Kier alpha value is -2.17. The number of nitrogens with zero attached hydrogens (tertiary/aromatic N) is 2. The van der Waals surface area contributed by atoms with E-state index in [1.54, 1.807) is 12.1 Å². The zero-order valence-corrected chi connectivity index (χ0v) is 11.5. The van der Waals surface area contributed by atoms with Crippen LogP contribution in [0.1, 0.15) is 17.7 Å². The van der Waals surface area contributed by atoms with E-state index >= 15 is 0 Å². The molecule has 2 aromatic rings. The lowest BCUT2D eigenvalue weighted by Crippen LogP contribution is -2.03. The highest BCUT2D eigenvalue weighted by Gasteiger charge is 2.19. The molecule has 0 unspecified atom stereocenters. The fraction of sp³-hybridized carbons (Fsp3) is 0.333. The highest BCUT2D eigenvalue weighted by Crippen LogP contribution is 2.30. The predicted octanol–water partition coefficient (Wildman–Crippen LogP) is 2.82. The van der Waals surface area contributed by atoms with E-state index in [1.165, 1.54) is 18.7 Å². The van der Waals surface area contributed by atoms with Crippen molar-refractivity contribution in [2.75, 3.05) is 19.5 Å². The molecule has 0 aliphatic heterocycles. The van der Waals surface area contributed by atoms with Crippen molar-refractivity contribution < 1.29 is 9.13 Å². The predicted molar refractivity (Wildman–Crippen MR) is 75.5 cm³/mol. The molecule has 4 nitrogen and oxygen atoms in total. The lowest BCUT2D eigenvalue weighted by atomic mass is 10.1. The maximum absolute atomic E-state index is 13.8. The lowest BCUT2D eigenvalue weighted by molar-refractivity contribution is 0.386. The Morgan fingerprint density at radius 2 is 2.10 bits per heavy atom. The van der Waals surface area contributed by atoms with Gasteiger partial charge in [-0.3, -0.25) is 0 Å². The highest BCUT2D eigenvalue weighted by molar-refractivity contribution is 5.61. The molecule has 20 heavy (non-hydrogen) atoms. The van der Waals surface area contributed by atoms with Gasteiger partial charge in [0.1, 0.15) is 5.82 Å². The molecule has 0 atom stereocenters. The van der Waals surface area contributed by atoms with Crippen molar-refractivity contribution in [3.05, 3.63) is 35.3 Å². The summed E-state index contributed by atoms with van der Waals surface area (Å²) in [6.45, 7) is 0. The minimum atomic E-state index is -0.403. The Morgan fingerprint density at radius 3 is 2.80 bits per heavy atom. The van der Waals surface area contributed by atoms with Crippen LogP contribution >= 0.6 is 0 Å².